The summed E-state index contributed by atoms with van der Waals surface area (Å²) in [5, 5.41) is 12.2. The Morgan fingerprint density at radius 3 is 2.82 bits per heavy atom. The molecule has 0 bridgehead atoms. The predicted octanol–water partition coefficient (Wildman–Crippen LogP) is 1.68. The zero-order valence-electron chi connectivity index (χ0n) is 10.1. The molecule has 1 aliphatic carbocycles. The van der Waals surface area contributed by atoms with Gasteiger partial charge in [0.25, 0.3) is 0 Å². The standard InChI is InChI=1S/C10H16N4OS2/c1-6(8(15)14(2)3)16-10-13-12-9(17-10)11-7-4-5-7/h6-7H,4-5H2,1-3H3,(H,11,12)/t6-/m1/s1. The van der Waals surface area contributed by atoms with Gasteiger partial charge in [-0.3, -0.25) is 4.79 Å². The maximum Gasteiger partial charge on any atom is 0.235 e. The third-order valence-electron chi connectivity index (χ3n) is 2.38. The number of amides is 1. The van der Waals surface area contributed by atoms with Gasteiger partial charge in [0.1, 0.15) is 0 Å². The lowest BCUT2D eigenvalue weighted by Crippen LogP contribution is -2.29. The molecule has 2 rings (SSSR count). The normalized spacial score (nSPS) is 16.6. The van der Waals surface area contributed by atoms with Crippen LogP contribution in [0.25, 0.3) is 0 Å². The first-order chi connectivity index (χ1) is 8.06. The topological polar surface area (TPSA) is 58.1 Å². The van der Waals surface area contributed by atoms with Crippen molar-refractivity contribution in [2.75, 3.05) is 19.4 Å². The van der Waals surface area contributed by atoms with Crippen LogP contribution >= 0.6 is 23.1 Å². The highest BCUT2D eigenvalue weighted by molar-refractivity contribution is 8.02. The average molecular weight is 272 g/mol. The second-order valence-corrected chi connectivity index (χ2v) is 6.85. The molecule has 0 spiro atoms. The summed E-state index contributed by atoms with van der Waals surface area (Å²) >= 11 is 2.98. The molecule has 17 heavy (non-hydrogen) atoms. The summed E-state index contributed by atoms with van der Waals surface area (Å²) < 4.78 is 0.843. The molecule has 1 atom stereocenters. The smallest absolute Gasteiger partial charge is 0.235 e. The molecule has 0 aliphatic heterocycles. The van der Waals surface area contributed by atoms with E-state index in [1.165, 1.54) is 35.9 Å². The summed E-state index contributed by atoms with van der Waals surface area (Å²) in [6.45, 7) is 1.89. The summed E-state index contributed by atoms with van der Waals surface area (Å²) in [6, 6.07) is 0.585. The van der Waals surface area contributed by atoms with E-state index < -0.39 is 0 Å². The summed E-state index contributed by atoms with van der Waals surface area (Å²) in [6.07, 6.45) is 2.44. The molecule has 0 unspecified atom stereocenters. The van der Waals surface area contributed by atoms with Gasteiger partial charge in [0.2, 0.25) is 11.0 Å². The van der Waals surface area contributed by atoms with Gasteiger partial charge in [-0.05, 0) is 19.8 Å². The second-order valence-electron chi connectivity index (χ2n) is 4.28. The van der Waals surface area contributed by atoms with Crippen LogP contribution in [0.3, 0.4) is 0 Å². The third kappa shape index (κ3) is 3.57. The first-order valence-electron chi connectivity index (χ1n) is 5.54. The van der Waals surface area contributed by atoms with Crippen molar-refractivity contribution in [3.8, 4) is 0 Å². The Labute approximate surface area is 109 Å². The highest BCUT2D eigenvalue weighted by Gasteiger charge is 2.23. The number of nitrogens with one attached hydrogen (secondary N) is 1. The molecule has 0 saturated heterocycles. The van der Waals surface area contributed by atoms with Crippen LogP contribution in [0.1, 0.15) is 19.8 Å². The Bertz CT molecular complexity index is 403. The van der Waals surface area contributed by atoms with Gasteiger partial charge in [0.15, 0.2) is 4.34 Å². The van der Waals surface area contributed by atoms with E-state index >= 15 is 0 Å². The third-order valence-corrected chi connectivity index (χ3v) is 4.40. The van der Waals surface area contributed by atoms with Gasteiger partial charge in [0, 0.05) is 20.1 Å². The number of carbonyl (C=O) groups excluding carboxylic acids is 1. The fourth-order valence-corrected chi connectivity index (χ4v) is 3.40. The molecule has 0 aromatic carbocycles. The fourth-order valence-electron chi connectivity index (χ4n) is 1.28. The van der Waals surface area contributed by atoms with Crippen LogP contribution in [-0.4, -0.2) is 46.4 Å². The number of anilines is 1. The Kier molecular flexibility index (Phi) is 3.88. The van der Waals surface area contributed by atoms with E-state index in [4.69, 9.17) is 0 Å². The Morgan fingerprint density at radius 1 is 1.53 bits per heavy atom. The summed E-state index contributed by atoms with van der Waals surface area (Å²) in [5.74, 6) is 0.0990. The molecule has 1 aromatic rings. The average Bonchev–Trinajstić information content (AvgIpc) is 2.97. The second kappa shape index (κ2) is 5.22. The lowest BCUT2D eigenvalue weighted by atomic mass is 10.4. The molecule has 7 heteroatoms. The van der Waals surface area contributed by atoms with Gasteiger partial charge in [-0.2, -0.15) is 0 Å². The van der Waals surface area contributed by atoms with E-state index in [1.807, 2.05) is 6.92 Å². The minimum Gasteiger partial charge on any atom is -0.357 e. The van der Waals surface area contributed by atoms with Crippen LogP contribution in [0.4, 0.5) is 5.13 Å². The van der Waals surface area contributed by atoms with Crippen LogP contribution in [0.2, 0.25) is 0 Å². The molecule has 1 aliphatic rings. The molecule has 0 radical (unpaired) electrons. The van der Waals surface area contributed by atoms with Crippen molar-refractivity contribution in [1.82, 2.24) is 15.1 Å². The number of hydrogen-bond acceptors (Lipinski definition) is 6. The molecular weight excluding hydrogens is 256 g/mol. The Hall–Kier alpha value is -0.820. The number of thioether (sulfide) groups is 1. The molecule has 5 nitrogen and oxygen atoms in total. The predicted molar refractivity (Wildman–Crippen MR) is 70.6 cm³/mol. The molecule has 1 aromatic heterocycles. The Morgan fingerprint density at radius 2 is 2.24 bits per heavy atom. The zero-order chi connectivity index (χ0) is 12.4. The van der Waals surface area contributed by atoms with Gasteiger partial charge in [0.05, 0.1) is 5.25 Å². The van der Waals surface area contributed by atoms with Crippen molar-refractivity contribution in [1.29, 1.82) is 0 Å². The van der Waals surface area contributed by atoms with E-state index in [0.29, 0.717) is 6.04 Å². The molecule has 1 heterocycles. The number of carbonyl (C=O) groups is 1. The van der Waals surface area contributed by atoms with Crippen molar-refractivity contribution in [2.24, 2.45) is 0 Å². The molecule has 94 valence electrons. The molecule has 1 N–H and O–H groups in total. The van der Waals surface area contributed by atoms with Crippen LogP contribution in [0.15, 0.2) is 4.34 Å². The summed E-state index contributed by atoms with van der Waals surface area (Å²) in [7, 11) is 3.53. The molecule has 1 fully saturated rings. The number of rotatable bonds is 5. The SMILES string of the molecule is C[C@@H](Sc1nnc(NC2CC2)s1)C(=O)N(C)C. The number of hydrogen-bond donors (Lipinski definition) is 1. The maximum atomic E-state index is 11.7. The van der Waals surface area contributed by atoms with Gasteiger partial charge in [-0.1, -0.05) is 23.1 Å². The van der Waals surface area contributed by atoms with E-state index in [9.17, 15) is 4.79 Å². The fraction of sp³-hybridized carbons (Fsp3) is 0.700. The van der Waals surface area contributed by atoms with E-state index in [0.717, 1.165) is 9.47 Å². The van der Waals surface area contributed by atoms with E-state index in [2.05, 4.69) is 15.5 Å². The Balaban J connectivity index is 1.89. The van der Waals surface area contributed by atoms with Crippen molar-refractivity contribution in [3.63, 3.8) is 0 Å². The minimum atomic E-state index is -0.119. The van der Waals surface area contributed by atoms with Crippen molar-refractivity contribution in [2.45, 2.75) is 35.4 Å². The lowest BCUT2D eigenvalue weighted by Gasteiger charge is -2.14. The van der Waals surface area contributed by atoms with Gasteiger partial charge in [-0.15, -0.1) is 10.2 Å². The summed E-state index contributed by atoms with van der Waals surface area (Å²) in [5.41, 5.74) is 0. The molecule has 1 saturated carbocycles. The maximum absolute atomic E-state index is 11.7. The van der Waals surface area contributed by atoms with Crippen LogP contribution in [-0.2, 0) is 4.79 Å². The molecular formula is C10H16N4OS2. The van der Waals surface area contributed by atoms with E-state index in [1.54, 1.807) is 19.0 Å². The zero-order valence-corrected chi connectivity index (χ0v) is 11.8. The van der Waals surface area contributed by atoms with Crippen LogP contribution < -0.4 is 5.32 Å². The summed E-state index contributed by atoms with van der Waals surface area (Å²) in [4.78, 5) is 13.3. The van der Waals surface area contributed by atoms with Crippen molar-refractivity contribution >= 4 is 34.1 Å². The van der Waals surface area contributed by atoms with Crippen LogP contribution in [0, 0.1) is 0 Å². The van der Waals surface area contributed by atoms with Gasteiger partial charge >= 0.3 is 0 Å². The monoisotopic (exact) mass is 272 g/mol. The number of nitrogens with zero attached hydrogens (tertiary/aromatic N) is 3. The first-order valence-corrected chi connectivity index (χ1v) is 7.23. The van der Waals surface area contributed by atoms with E-state index in [-0.39, 0.29) is 11.2 Å². The first kappa shape index (κ1) is 12.6. The van der Waals surface area contributed by atoms with Crippen molar-refractivity contribution < 1.29 is 4.79 Å². The molecule has 1 amide bonds. The lowest BCUT2D eigenvalue weighted by molar-refractivity contribution is -0.127. The van der Waals surface area contributed by atoms with Crippen LogP contribution in [0.5, 0.6) is 0 Å². The van der Waals surface area contributed by atoms with Crippen molar-refractivity contribution in [3.05, 3.63) is 0 Å². The highest BCUT2D eigenvalue weighted by Crippen LogP contribution is 2.32. The van der Waals surface area contributed by atoms with Gasteiger partial charge in [-0.25, -0.2) is 0 Å². The highest BCUT2D eigenvalue weighted by atomic mass is 32.2. The minimum absolute atomic E-state index is 0.0990. The largest absolute Gasteiger partial charge is 0.357 e. The van der Waals surface area contributed by atoms with Gasteiger partial charge < -0.3 is 10.2 Å². The number of aromatic nitrogens is 2. The quantitative estimate of drug-likeness (QED) is 0.827.